The van der Waals surface area contributed by atoms with E-state index >= 15 is 0 Å². The van der Waals surface area contributed by atoms with Crippen molar-refractivity contribution in [2.75, 3.05) is 41.0 Å². The number of hydrogen-bond donors (Lipinski definition) is 2. The van der Waals surface area contributed by atoms with Gasteiger partial charge < -0.3 is 24.8 Å². The Labute approximate surface area is 191 Å². The Morgan fingerprint density at radius 3 is 2.41 bits per heavy atom. The maximum atomic E-state index is 5.85. The molecule has 160 valence electrons. The van der Waals surface area contributed by atoms with Gasteiger partial charge in [0.2, 0.25) is 0 Å². The van der Waals surface area contributed by atoms with Gasteiger partial charge in [0.25, 0.3) is 0 Å². The van der Waals surface area contributed by atoms with E-state index in [9.17, 15) is 0 Å². The van der Waals surface area contributed by atoms with Crippen LogP contribution < -0.4 is 20.1 Å². The van der Waals surface area contributed by atoms with Crippen molar-refractivity contribution in [3.8, 4) is 11.5 Å². The number of ether oxygens (including phenoxy) is 3. The van der Waals surface area contributed by atoms with Gasteiger partial charge in [0, 0.05) is 32.8 Å². The molecule has 0 unspecified atom stereocenters. The van der Waals surface area contributed by atoms with E-state index < -0.39 is 0 Å². The summed E-state index contributed by atoms with van der Waals surface area (Å²) < 4.78 is 16.1. The van der Waals surface area contributed by atoms with Crippen LogP contribution >= 0.6 is 24.0 Å². The fraction of sp³-hybridized carbons (Fsp3) is 0.409. The number of methoxy groups -OCH3 is 2. The summed E-state index contributed by atoms with van der Waals surface area (Å²) in [7, 11) is 5.12. The number of rotatable bonds is 10. The van der Waals surface area contributed by atoms with Crippen LogP contribution in [0.3, 0.4) is 0 Å². The quantitative estimate of drug-likeness (QED) is 0.220. The summed E-state index contributed by atoms with van der Waals surface area (Å²) in [6.07, 6.45) is 0.903. The Morgan fingerprint density at radius 1 is 1.00 bits per heavy atom. The first-order chi connectivity index (χ1) is 13.7. The zero-order valence-electron chi connectivity index (χ0n) is 17.7. The Morgan fingerprint density at radius 2 is 1.76 bits per heavy atom. The van der Waals surface area contributed by atoms with Crippen LogP contribution in [-0.2, 0) is 17.7 Å². The zero-order chi connectivity index (χ0) is 20.2. The van der Waals surface area contributed by atoms with E-state index in [0.717, 1.165) is 41.6 Å². The van der Waals surface area contributed by atoms with Crippen LogP contribution in [0.2, 0.25) is 0 Å². The Balaban J connectivity index is 0.00000420. The summed E-state index contributed by atoms with van der Waals surface area (Å²) in [6, 6.07) is 14.3. The lowest BCUT2D eigenvalue weighted by Crippen LogP contribution is -2.37. The average Bonchev–Trinajstić information content (AvgIpc) is 2.72. The van der Waals surface area contributed by atoms with Crippen molar-refractivity contribution < 1.29 is 14.2 Å². The summed E-state index contributed by atoms with van der Waals surface area (Å²) in [5.41, 5.74) is 3.49. The van der Waals surface area contributed by atoms with Gasteiger partial charge in [-0.3, -0.25) is 4.99 Å². The molecule has 6 nitrogen and oxygen atoms in total. The zero-order valence-corrected chi connectivity index (χ0v) is 20.0. The van der Waals surface area contributed by atoms with Gasteiger partial charge in [0.05, 0.1) is 13.7 Å². The number of guanidine groups is 1. The summed E-state index contributed by atoms with van der Waals surface area (Å²) in [4.78, 5) is 4.30. The monoisotopic (exact) mass is 513 g/mol. The molecule has 0 radical (unpaired) electrons. The second-order valence-electron chi connectivity index (χ2n) is 6.40. The first kappa shape index (κ1) is 25.0. The number of aliphatic imine (C=N–C) groups is 1. The van der Waals surface area contributed by atoms with E-state index in [1.54, 1.807) is 21.3 Å². The minimum atomic E-state index is 0. The Kier molecular flexibility index (Phi) is 12.1. The second kappa shape index (κ2) is 14.1. The van der Waals surface area contributed by atoms with Crippen molar-refractivity contribution in [2.45, 2.75) is 19.9 Å². The fourth-order valence-corrected chi connectivity index (χ4v) is 2.69. The molecule has 2 aromatic rings. The minimum Gasteiger partial charge on any atom is -0.497 e. The SMILES string of the molecule is CN=C(NCCc1ccc(OC)cc1)NCc1ccc(C)cc1OCCOC.I. The third-order valence-electron chi connectivity index (χ3n) is 4.30. The van der Waals surface area contributed by atoms with Gasteiger partial charge in [-0.05, 0) is 42.7 Å². The lowest BCUT2D eigenvalue weighted by molar-refractivity contribution is 0.145. The highest BCUT2D eigenvalue weighted by Gasteiger charge is 2.06. The predicted molar refractivity (Wildman–Crippen MR) is 129 cm³/mol. The van der Waals surface area contributed by atoms with Crippen LogP contribution in [0.15, 0.2) is 47.5 Å². The van der Waals surface area contributed by atoms with E-state index in [1.165, 1.54) is 5.56 Å². The van der Waals surface area contributed by atoms with E-state index in [4.69, 9.17) is 14.2 Å². The van der Waals surface area contributed by atoms with Gasteiger partial charge in [-0.2, -0.15) is 0 Å². The first-order valence-corrected chi connectivity index (χ1v) is 9.45. The fourth-order valence-electron chi connectivity index (χ4n) is 2.69. The standard InChI is InChI=1S/C22H31N3O3.HI/c1-17-5-8-19(21(15-17)28-14-13-26-3)16-25-22(23-2)24-12-11-18-6-9-20(27-4)10-7-18;/h5-10,15H,11-14,16H2,1-4H3,(H2,23,24,25);1H. The van der Waals surface area contributed by atoms with E-state index in [-0.39, 0.29) is 24.0 Å². The molecule has 0 aromatic heterocycles. The van der Waals surface area contributed by atoms with Crippen LogP contribution in [0.1, 0.15) is 16.7 Å². The van der Waals surface area contributed by atoms with Crippen molar-refractivity contribution in [3.05, 3.63) is 59.2 Å². The smallest absolute Gasteiger partial charge is 0.191 e. The molecule has 0 spiro atoms. The van der Waals surface area contributed by atoms with Gasteiger partial charge in [-0.15, -0.1) is 24.0 Å². The second-order valence-corrected chi connectivity index (χ2v) is 6.40. The predicted octanol–water partition coefficient (Wildman–Crippen LogP) is 3.55. The lowest BCUT2D eigenvalue weighted by atomic mass is 10.1. The van der Waals surface area contributed by atoms with Gasteiger partial charge in [0.15, 0.2) is 5.96 Å². The molecule has 0 aliphatic rings. The van der Waals surface area contributed by atoms with Gasteiger partial charge in [-0.25, -0.2) is 0 Å². The molecule has 2 rings (SSSR count). The van der Waals surface area contributed by atoms with Gasteiger partial charge in [-0.1, -0.05) is 24.3 Å². The molecule has 0 bridgehead atoms. The molecule has 2 aromatic carbocycles. The highest BCUT2D eigenvalue weighted by atomic mass is 127. The molecule has 0 amide bonds. The normalized spacial score (nSPS) is 10.8. The number of aryl methyl sites for hydroxylation is 1. The van der Waals surface area contributed by atoms with Crippen molar-refractivity contribution >= 4 is 29.9 Å². The molecule has 0 atom stereocenters. The molecule has 7 heteroatoms. The summed E-state index contributed by atoms with van der Waals surface area (Å²) in [5.74, 6) is 2.51. The highest BCUT2D eigenvalue weighted by Crippen LogP contribution is 2.20. The maximum Gasteiger partial charge on any atom is 0.191 e. The van der Waals surface area contributed by atoms with Gasteiger partial charge >= 0.3 is 0 Å². The molecular formula is C22H32IN3O3. The molecule has 2 N–H and O–H groups in total. The number of nitrogens with one attached hydrogen (secondary N) is 2. The van der Waals surface area contributed by atoms with Crippen LogP contribution in [0.4, 0.5) is 0 Å². The van der Waals surface area contributed by atoms with Crippen molar-refractivity contribution in [1.82, 2.24) is 10.6 Å². The molecule has 29 heavy (non-hydrogen) atoms. The van der Waals surface area contributed by atoms with E-state index in [1.807, 2.05) is 18.2 Å². The third-order valence-corrected chi connectivity index (χ3v) is 4.30. The third kappa shape index (κ3) is 8.91. The number of benzene rings is 2. The number of nitrogens with zero attached hydrogens (tertiary/aromatic N) is 1. The van der Waals surface area contributed by atoms with Crippen LogP contribution in [-0.4, -0.2) is 47.0 Å². The Hall–Kier alpha value is -2.00. The van der Waals surface area contributed by atoms with Crippen molar-refractivity contribution in [2.24, 2.45) is 4.99 Å². The van der Waals surface area contributed by atoms with Crippen LogP contribution in [0.25, 0.3) is 0 Å². The molecule has 0 saturated carbocycles. The molecule has 0 heterocycles. The maximum absolute atomic E-state index is 5.85. The summed E-state index contributed by atoms with van der Waals surface area (Å²) in [6.45, 7) is 4.57. The lowest BCUT2D eigenvalue weighted by Gasteiger charge is -2.15. The van der Waals surface area contributed by atoms with E-state index in [0.29, 0.717) is 19.8 Å². The molecule has 0 saturated heterocycles. The number of halogens is 1. The van der Waals surface area contributed by atoms with Gasteiger partial charge in [0.1, 0.15) is 18.1 Å². The molecule has 0 fully saturated rings. The summed E-state index contributed by atoms with van der Waals surface area (Å²) >= 11 is 0. The average molecular weight is 513 g/mol. The molecule has 0 aliphatic heterocycles. The van der Waals surface area contributed by atoms with Crippen LogP contribution in [0.5, 0.6) is 11.5 Å². The minimum absolute atomic E-state index is 0. The van der Waals surface area contributed by atoms with E-state index in [2.05, 4.69) is 46.8 Å². The molecule has 0 aliphatic carbocycles. The highest BCUT2D eigenvalue weighted by molar-refractivity contribution is 14.0. The number of hydrogen-bond acceptors (Lipinski definition) is 4. The topological polar surface area (TPSA) is 64.1 Å². The Bertz CT molecular complexity index is 751. The van der Waals surface area contributed by atoms with Crippen molar-refractivity contribution in [3.63, 3.8) is 0 Å². The molecular weight excluding hydrogens is 481 g/mol. The van der Waals surface area contributed by atoms with Crippen molar-refractivity contribution in [1.29, 1.82) is 0 Å². The largest absolute Gasteiger partial charge is 0.497 e. The summed E-state index contributed by atoms with van der Waals surface area (Å²) in [5, 5.41) is 6.69. The first-order valence-electron chi connectivity index (χ1n) is 9.45. The van der Waals surface area contributed by atoms with Crippen LogP contribution in [0, 0.1) is 6.92 Å².